The first kappa shape index (κ1) is 13.9. The van der Waals surface area contributed by atoms with Gasteiger partial charge in [0.25, 0.3) is 0 Å². The van der Waals surface area contributed by atoms with Crippen molar-refractivity contribution in [2.75, 3.05) is 0 Å². The SMILES string of the molecule is C=CC(N[S+]([O-])C(C)(C)C)C1CC(F)(F)C1. The lowest BCUT2D eigenvalue weighted by molar-refractivity contribution is -0.113. The molecule has 0 aliphatic heterocycles. The van der Waals surface area contributed by atoms with Crippen LogP contribution in [0.1, 0.15) is 33.6 Å². The summed E-state index contributed by atoms with van der Waals surface area (Å²) in [6, 6.07) is -0.292. The Balaban J connectivity index is 2.48. The highest BCUT2D eigenvalue weighted by Gasteiger charge is 2.49. The molecule has 0 amide bonds. The lowest BCUT2D eigenvalue weighted by Crippen LogP contribution is -2.52. The molecule has 94 valence electrons. The summed E-state index contributed by atoms with van der Waals surface area (Å²) in [5.74, 6) is -2.70. The molecule has 16 heavy (non-hydrogen) atoms. The average Bonchev–Trinajstić information content (AvgIpc) is 2.08. The van der Waals surface area contributed by atoms with Gasteiger partial charge in [0.1, 0.15) is 4.75 Å². The van der Waals surface area contributed by atoms with Gasteiger partial charge in [-0.3, -0.25) is 0 Å². The second kappa shape index (κ2) is 4.63. The Morgan fingerprint density at radius 1 is 1.50 bits per heavy atom. The van der Waals surface area contributed by atoms with Crippen LogP contribution in [0.2, 0.25) is 0 Å². The molecular formula is C11H19F2NOS. The van der Waals surface area contributed by atoms with Crippen LogP contribution in [0, 0.1) is 5.92 Å². The highest BCUT2D eigenvalue weighted by molar-refractivity contribution is 7.90. The Hall–Kier alpha value is -0.130. The Morgan fingerprint density at radius 2 is 2.00 bits per heavy atom. The van der Waals surface area contributed by atoms with Crippen LogP contribution in [0.3, 0.4) is 0 Å². The zero-order valence-electron chi connectivity index (χ0n) is 9.93. The van der Waals surface area contributed by atoms with Gasteiger partial charge in [-0.15, -0.1) is 11.3 Å². The van der Waals surface area contributed by atoms with Crippen LogP contribution < -0.4 is 4.72 Å². The fraction of sp³-hybridized carbons (Fsp3) is 0.818. The Labute approximate surface area is 98.8 Å². The van der Waals surface area contributed by atoms with Gasteiger partial charge in [-0.1, -0.05) is 6.08 Å². The van der Waals surface area contributed by atoms with Gasteiger partial charge in [-0.05, 0) is 26.7 Å². The number of rotatable bonds is 4. The zero-order chi connectivity index (χ0) is 12.6. The number of nitrogens with one attached hydrogen (secondary N) is 1. The molecule has 5 heteroatoms. The molecule has 0 radical (unpaired) electrons. The van der Waals surface area contributed by atoms with Crippen molar-refractivity contribution < 1.29 is 13.3 Å². The minimum Gasteiger partial charge on any atom is -0.598 e. The second-order valence-electron chi connectivity index (χ2n) is 5.28. The third-order valence-electron chi connectivity index (χ3n) is 2.68. The van der Waals surface area contributed by atoms with E-state index in [9.17, 15) is 13.3 Å². The maximum absolute atomic E-state index is 12.7. The van der Waals surface area contributed by atoms with E-state index >= 15 is 0 Å². The summed E-state index contributed by atoms with van der Waals surface area (Å²) in [4.78, 5) is 0. The number of hydrogen-bond acceptors (Lipinski definition) is 2. The smallest absolute Gasteiger partial charge is 0.248 e. The molecule has 2 atom stereocenters. The Bertz CT molecular complexity index is 257. The molecule has 0 aromatic carbocycles. The Morgan fingerprint density at radius 3 is 2.31 bits per heavy atom. The van der Waals surface area contributed by atoms with Gasteiger partial charge in [-0.25, -0.2) is 8.78 Å². The summed E-state index contributed by atoms with van der Waals surface area (Å²) in [6.07, 6.45) is 1.29. The fourth-order valence-corrected chi connectivity index (χ4v) is 2.49. The second-order valence-corrected chi connectivity index (χ2v) is 7.28. The van der Waals surface area contributed by atoms with Crippen molar-refractivity contribution >= 4 is 11.4 Å². The minimum atomic E-state index is -2.54. The molecule has 1 saturated carbocycles. The van der Waals surface area contributed by atoms with Crippen molar-refractivity contribution in [1.82, 2.24) is 4.72 Å². The fourth-order valence-electron chi connectivity index (χ4n) is 1.60. The zero-order valence-corrected chi connectivity index (χ0v) is 10.7. The first-order valence-corrected chi connectivity index (χ1v) is 6.49. The molecule has 1 aliphatic rings. The Kier molecular flexibility index (Phi) is 4.03. The van der Waals surface area contributed by atoms with E-state index in [-0.39, 0.29) is 24.8 Å². The summed E-state index contributed by atoms with van der Waals surface area (Å²) < 4.78 is 39.7. The van der Waals surface area contributed by atoms with E-state index in [2.05, 4.69) is 11.3 Å². The standard InChI is InChI=1S/C11H19F2NOS/c1-5-9(8-6-11(12,13)7-8)14-16(15)10(2,3)4/h5,8-9,14H,1,6-7H2,2-4H3. The summed E-state index contributed by atoms with van der Waals surface area (Å²) in [6.45, 7) is 9.12. The van der Waals surface area contributed by atoms with Crippen LogP contribution in [0.25, 0.3) is 0 Å². The number of alkyl halides is 2. The van der Waals surface area contributed by atoms with E-state index in [1.807, 2.05) is 20.8 Å². The van der Waals surface area contributed by atoms with Crippen molar-refractivity contribution in [2.45, 2.75) is 50.3 Å². The van der Waals surface area contributed by atoms with Crippen LogP contribution >= 0.6 is 0 Å². The molecule has 0 bridgehead atoms. The van der Waals surface area contributed by atoms with Crippen molar-refractivity contribution in [3.05, 3.63) is 12.7 Å². The molecular weight excluding hydrogens is 232 g/mol. The molecule has 1 N–H and O–H groups in total. The van der Waals surface area contributed by atoms with E-state index in [4.69, 9.17) is 0 Å². The minimum absolute atomic E-state index is 0.141. The maximum Gasteiger partial charge on any atom is 0.248 e. The van der Waals surface area contributed by atoms with Gasteiger partial charge in [0.2, 0.25) is 5.92 Å². The first-order chi connectivity index (χ1) is 7.15. The van der Waals surface area contributed by atoms with E-state index in [1.54, 1.807) is 6.08 Å². The van der Waals surface area contributed by atoms with E-state index in [0.717, 1.165) is 0 Å². The molecule has 0 saturated heterocycles. The molecule has 0 spiro atoms. The quantitative estimate of drug-likeness (QED) is 0.616. The molecule has 1 fully saturated rings. The van der Waals surface area contributed by atoms with Gasteiger partial charge < -0.3 is 4.55 Å². The van der Waals surface area contributed by atoms with Crippen molar-refractivity contribution in [1.29, 1.82) is 0 Å². The van der Waals surface area contributed by atoms with E-state index < -0.39 is 22.0 Å². The lowest BCUT2D eigenvalue weighted by Gasteiger charge is -2.39. The van der Waals surface area contributed by atoms with Crippen molar-refractivity contribution in [3.63, 3.8) is 0 Å². The molecule has 0 aromatic rings. The predicted octanol–water partition coefficient (Wildman–Crippen LogP) is 2.64. The maximum atomic E-state index is 12.7. The van der Waals surface area contributed by atoms with E-state index in [1.165, 1.54) is 0 Å². The summed E-state index contributed by atoms with van der Waals surface area (Å²) in [7, 11) is 0. The molecule has 0 heterocycles. The average molecular weight is 251 g/mol. The van der Waals surface area contributed by atoms with Gasteiger partial charge in [0.15, 0.2) is 0 Å². The molecule has 1 aliphatic carbocycles. The number of hydrogen-bond donors (Lipinski definition) is 1. The normalized spacial score (nSPS) is 24.6. The monoisotopic (exact) mass is 251 g/mol. The first-order valence-electron chi connectivity index (χ1n) is 5.34. The topological polar surface area (TPSA) is 35.1 Å². The van der Waals surface area contributed by atoms with Gasteiger partial charge in [0.05, 0.1) is 6.04 Å². The van der Waals surface area contributed by atoms with Crippen LogP contribution in [0.5, 0.6) is 0 Å². The van der Waals surface area contributed by atoms with Gasteiger partial charge in [0, 0.05) is 24.2 Å². The van der Waals surface area contributed by atoms with Crippen molar-refractivity contribution in [3.8, 4) is 0 Å². The highest BCUT2D eigenvalue weighted by atomic mass is 32.2. The summed E-state index contributed by atoms with van der Waals surface area (Å²) >= 11 is -1.25. The van der Waals surface area contributed by atoms with E-state index in [0.29, 0.717) is 0 Å². The third kappa shape index (κ3) is 3.43. The molecule has 2 nitrogen and oxygen atoms in total. The van der Waals surface area contributed by atoms with Crippen LogP contribution in [-0.4, -0.2) is 21.3 Å². The molecule has 1 rings (SSSR count). The van der Waals surface area contributed by atoms with Gasteiger partial charge in [-0.2, -0.15) is 0 Å². The van der Waals surface area contributed by atoms with Gasteiger partial charge >= 0.3 is 0 Å². The largest absolute Gasteiger partial charge is 0.598 e. The van der Waals surface area contributed by atoms with Crippen LogP contribution in [-0.2, 0) is 11.4 Å². The number of halogens is 2. The van der Waals surface area contributed by atoms with Crippen LogP contribution in [0.4, 0.5) is 8.78 Å². The van der Waals surface area contributed by atoms with Crippen molar-refractivity contribution in [2.24, 2.45) is 5.92 Å². The third-order valence-corrected chi connectivity index (χ3v) is 4.28. The molecule has 0 aromatic heterocycles. The predicted molar refractivity (Wildman–Crippen MR) is 62.7 cm³/mol. The molecule has 2 unspecified atom stereocenters. The summed E-state index contributed by atoms with van der Waals surface area (Å²) in [5.41, 5.74) is 0. The van der Waals surface area contributed by atoms with Crippen LogP contribution in [0.15, 0.2) is 12.7 Å². The lowest BCUT2D eigenvalue weighted by atomic mass is 9.77. The summed E-state index contributed by atoms with van der Waals surface area (Å²) in [5, 5.41) is 0. The highest BCUT2D eigenvalue weighted by Crippen LogP contribution is 2.44.